The number of carbonyl (C=O) groups is 1. The number of fused-ring (bicyclic) bond motifs is 1. The molecule has 0 spiro atoms. The second kappa shape index (κ2) is 8.28. The van der Waals surface area contributed by atoms with Crippen LogP contribution in [0.15, 0.2) is 90.0 Å². The highest BCUT2D eigenvalue weighted by molar-refractivity contribution is 7.98. The fraction of sp³-hybridized carbons (Fsp3) is 0.0833. The quantitative estimate of drug-likeness (QED) is 0.424. The maximum Gasteiger partial charge on any atom is 0.257 e. The van der Waals surface area contributed by atoms with Gasteiger partial charge in [0.15, 0.2) is 0 Å². The second-order valence-corrected chi connectivity index (χ2v) is 7.57. The van der Waals surface area contributed by atoms with Crippen LogP contribution in [0.1, 0.15) is 21.5 Å². The minimum Gasteiger partial charge on any atom is -0.320 e. The first-order valence-corrected chi connectivity index (χ1v) is 10.1. The summed E-state index contributed by atoms with van der Waals surface area (Å²) >= 11 is 1.68. The van der Waals surface area contributed by atoms with Gasteiger partial charge in [0.05, 0.1) is 16.8 Å². The van der Waals surface area contributed by atoms with Crippen molar-refractivity contribution >= 4 is 34.3 Å². The maximum atomic E-state index is 13.2. The molecule has 1 heterocycles. The first-order valence-electron chi connectivity index (χ1n) is 9.14. The van der Waals surface area contributed by atoms with E-state index in [1.165, 1.54) is 5.56 Å². The number of rotatable bonds is 5. The van der Waals surface area contributed by atoms with E-state index in [0.29, 0.717) is 0 Å². The van der Waals surface area contributed by atoms with Gasteiger partial charge in [-0.05, 0) is 36.2 Å². The van der Waals surface area contributed by atoms with Gasteiger partial charge in [-0.25, -0.2) is 0 Å². The third-order valence-electron chi connectivity index (χ3n) is 4.58. The first-order chi connectivity index (χ1) is 13.7. The molecule has 4 rings (SSSR count). The summed E-state index contributed by atoms with van der Waals surface area (Å²) in [5, 5.41) is 4.07. The molecule has 0 aliphatic carbocycles. The summed E-state index contributed by atoms with van der Waals surface area (Å²) in [6, 6.07) is 26.0. The summed E-state index contributed by atoms with van der Waals surface area (Å²) < 4.78 is 0. The van der Waals surface area contributed by atoms with Crippen molar-refractivity contribution in [2.45, 2.75) is 17.6 Å². The van der Waals surface area contributed by atoms with Gasteiger partial charge in [-0.2, -0.15) is 0 Å². The molecule has 0 bridgehead atoms. The lowest BCUT2D eigenvalue weighted by Gasteiger charge is -2.13. The maximum absolute atomic E-state index is 13.2. The highest BCUT2D eigenvalue weighted by Crippen LogP contribution is 2.30. The van der Waals surface area contributed by atoms with Gasteiger partial charge in [-0.15, -0.1) is 11.8 Å². The van der Waals surface area contributed by atoms with E-state index in [4.69, 9.17) is 0 Å². The highest BCUT2D eigenvalue weighted by atomic mass is 32.2. The van der Waals surface area contributed by atoms with Gasteiger partial charge in [0.2, 0.25) is 0 Å². The second-order valence-electron chi connectivity index (χ2n) is 6.56. The van der Waals surface area contributed by atoms with Crippen LogP contribution in [0.5, 0.6) is 0 Å². The standard InChI is InChI=1S/C24H20N2OS/c1-17-8-5-14-21(28-16-18-9-3-2-4-10-18)22(17)24(27)26-20-13-6-11-19-12-7-15-25-23(19)20/h2-15H,16H2,1H3,(H,26,27). The van der Waals surface area contributed by atoms with E-state index < -0.39 is 0 Å². The smallest absolute Gasteiger partial charge is 0.257 e. The van der Waals surface area contributed by atoms with Gasteiger partial charge < -0.3 is 5.32 Å². The summed E-state index contributed by atoms with van der Waals surface area (Å²) in [5.41, 5.74) is 4.44. The Morgan fingerprint density at radius 1 is 0.929 bits per heavy atom. The summed E-state index contributed by atoms with van der Waals surface area (Å²) in [7, 11) is 0. The van der Waals surface area contributed by atoms with Crippen LogP contribution in [0.3, 0.4) is 0 Å². The van der Waals surface area contributed by atoms with E-state index in [2.05, 4.69) is 22.4 Å². The number of hydrogen-bond acceptors (Lipinski definition) is 3. The molecule has 0 aliphatic rings. The molecule has 0 unspecified atom stereocenters. The van der Waals surface area contributed by atoms with Crippen molar-refractivity contribution in [1.29, 1.82) is 0 Å². The lowest BCUT2D eigenvalue weighted by atomic mass is 10.1. The van der Waals surface area contributed by atoms with Crippen molar-refractivity contribution in [3.8, 4) is 0 Å². The third-order valence-corrected chi connectivity index (χ3v) is 5.71. The summed E-state index contributed by atoms with van der Waals surface area (Å²) in [5.74, 6) is 0.715. The zero-order valence-electron chi connectivity index (χ0n) is 15.6. The van der Waals surface area contributed by atoms with Crippen LogP contribution >= 0.6 is 11.8 Å². The van der Waals surface area contributed by atoms with Crippen LogP contribution in [0, 0.1) is 6.92 Å². The molecule has 1 N–H and O–H groups in total. The van der Waals surface area contributed by atoms with Gasteiger partial charge in [-0.3, -0.25) is 9.78 Å². The molecule has 0 aliphatic heterocycles. The molecule has 4 aromatic rings. The number of nitrogens with one attached hydrogen (secondary N) is 1. The van der Waals surface area contributed by atoms with Gasteiger partial charge in [0.1, 0.15) is 0 Å². The Balaban J connectivity index is 1.62. The number of aromatic nitrogens is 1. The average Bonchev–Trinajstić information content (AvgIpc) is 2.73. The summed E-state index contributed by atoms with van der Waals surface area (Å²) in [4.78, 5) is 18.6. The van der Waals surface area contributed by atoms with Crippen LogP contribution in [0.2, 0.25) is 0 Å². The van der Waals surface area contributed by atoms with Gasteiger partial charge >= 0.3 is 0 Å². The monoisotopic (exact) mass is 384 g/mol. The molecule has 28 heavy (non-hydrogen) atoms. The molecule has 1 amide bonds. The minimum absolute atomic E-state index is 0.105. The van der Waals surface area contributed by atoms with Crippen molar-refractivity contribution in [3.05, 3.63) is 102 Å². The van der Waals surface area contributed by atoms with E-state index in [0.717, 1.165) is 38.4 Å². The van der Waals surface area contributed by atoms with Crippen molar-refractivity contribution in [3.63, 3.8) is 0 Å². The lowest BCUT2D eigenvalue weighted by Crippen LogP contribution is -2.15. The summed E-state index contributed by atoms with van der Waals surface area (Å²) in [6.07, 6.45) is 1.74. The Morgan fingerprint density at radius 3 is 2.57 bits per heavy atom. The van der Waals surface area contributed by atoms with Crippen LogP contribution in [0.25, 0.3) is 10.9 Å². The molecule has 3 aromatic carbocycles. The topological polar surface area (TPSA) is 42.0 Å². The number of anilines is 1. The van der Waals surface area contributed by atoms with E-state index in [1.807, 2.05) is 73.7 Å². The number of nitrogens with zero attached hydrogens (tertiary/aromatic N) is 1. The number of benzene rings is 3. The van der Waals surface area contributed by atoms with Crippen LogP contribution in [0.4, 0.5) is 5.69 Å². The van der Waals surface area contributed by atoms with Crippen LogP contribution in [-0.4, -0.2) is 10.9 Å². The molecule has 0 radical (unpaired) electrons. The Hall–Kier alpha value is -3.11. The van der Waals surface area contributed by atoms with Gasteiger partial charge in [0, 0.05) is 22.2 Å². The van der Waals surface area contributed by atoms with Crippen molar-refractivity contribution in [1.82, 2.24) is 4.98 Å². The predicted octanol–water partition coefficient (Wildman–Crippen LogP) is 6.09. The fourth-order valence-electron chi connectivity index (χ4n) is 3.18. The van der Waals surface area contributed by atoms with Gasteiger partial charge in [0.25, 0.3) is 5.91 Å². The molecule has 138 valence electrons. The minimum atomic E-state index is -0.105. The average molecular weight is 385 g/mol. The predicted molar refractivity (Wildman–Crippen MR) is 117 cm³/mol. The fourth-order valence-corrected chi connectivity index (χ4v) is 4.26. The molecule has 0 atom stereocenters. The molecule has 1 aromatic heterocycles. The molecule has 0 saturated heterocycles. The van der Waals surface area contributed by atoms with Crippen molar-refractivity contribution < 1.29 is 4.79 Å². The number of aryl methyl sites for hydroxylation is 1. The molecule has 3 nitrogen and oxygen atoms in total. The van der Waals surface area contributed by atoms with E-state index in [-0.39, 0.29) is 5.91 Å². The summed E-state index contributed by atoms with van der Waals surface area (Å²) in [6.45, 7) is 1.98. The number of pyridine rings is 1. The van der Waals surface area contributed by atoms with Crippen LogP contribution in [-0.2, 0) is 5.75 Å². The zero-order valence-corrected chi connectivity index (χ0v) is 16.4. The molecular weight excluding hydrogens is 364 g/mol. The Labute approximate surface area is 168 Å². The zero-order chi connectivity index (χ0) is 19.3. The highest BCUT2D eigenvalue weighted by Gasteiger charge is 2.16. The normalized spacial score (nSPS) is 10.8. The lowest BCUT2D eigenvalue weighted by molar-refractivity contribution is 0.102. The molecule has 0 fully saturated rings. The Bertz CT molecular complexity index is 1120. The largest absolute Gasteiger partial charge is 0.320 e. The number of carbonyl (C=O) groups excluding carboxylic acids is 1. The Kier molecular flexibility index (Phi) is 5.40. The number of amides is 1. The first kappa shape index (κ1) is 18.3. The van der Waals surface area contributed by atoms with Gasteiger partial charge in [-0.1, -0.05) is 60.7 Å². The van der Waals surface area contributed by atoms with Crippen molar-refractivity contribution in [2.24, 2.45) is 0 Å². The molecule has 4 heteroatoms. The van der Waals surface area contributed by atoms with E-state index >= 15 is 0 Å². The van der Waals surface area contributed by atoms with E-state index in [1.54, 1.807) is 18.0 Å². The van der Waals surface area contributed by atoms with Crippen LogP contribution < -0.4 is 5.32 Å². The Morgan fingerprint density at radius 2 is 1.71 bits per heavy atom. The third kappa shape index (κ3) is 3.92. The number of thioether (sulfide) groups is 1. The van der Waals surface area contributed by atoms with Crippen molar-refractivity contribution in [2.75, 3.05) is 5.32 Å². The van der Waals surface area contributed by atoms with E-state index in [9.17, 15) is 4.79 Å². The molecule has 0 saturated carbocycles. The SMILES string of the molecule is Cc1cccc(SCc2ccccc2)c1C(=O)Nc1cccc2cccnc12. The molecular formula is C24H20N2OS. The number of hydrogen-bond donors (Lipinski definition) is 1. The number of para-hydroxylation sites is 1.